The Labute approximate surface area is 149 Å². The summed E-state index contributed by atoms with van der Waals surface area (Å²) < 4.78 is 14.1. The van der Waals surface area contributed by atoms with Gasteiger partial charge in [-0.2, -0.15) is 4.39 Å². The van der Waals surface area contributed by atoms with Gasteiger partial charge in [-0.05, 0) is 52.8 Å². The van der Waals surface area contributed by atoms with Crippen molar-refractivity contribution in [3.63, 3.8) is 0 Å². The molecule has 0 aliphatic carbocycles. The third kappa shape index (κ3) is 4.30. The Morgan fingerprint density at radius 1 is 1.27 bits per heavy atom. The fraction of sp³-hybridized carbons (Fsp3) is 0.312. The van der Waals surface area contributed by atoms with E-state index in [0.717, 1.165) is 31.7 Å². The Morgan fingerprint density at radius 2 is 2.09 bits per heavy atom. The van der Waals surface area contributed by atoms with E-state index in [4.69, 9.17) is 0 Å². The fourth-order valence-electron chi connectivity index (χ4n) is 2.61. The summed E-state index contributed by atoms with van der Waals surface area (Å²) in [5.74, 6) is -0.425. The van der Waals surface area contributed by atoms with Gasteiger partial charge in [0.2, 0.25) is 5.95 Å². The minimum Gasteiger partial charge on any atom is -0.369 e. The minimum atomic E-state index is -0.425. The van der Waals surface area contributed by atoms with Crippen LogP contribution in [0.4, 0.5) is 10.1 Å². The first-order valence-corrected chi connectivity index (χ1v) is 8.13. The van der Waals surface area contributed by atoms with Crippen LogP contribution in [0.25, 0.3) is 0 Å². The molecule has 1 aliphatic rings. The van der Waals surface area contributed by atoms with Crippen molar-refractivity contribution in [2.45, 2.75) is 19.0 Å². The van der Waals surface area contributed by atoms with Gasteiger partial charge in [0.15, 0.2) is 0 Å². The maximum absolute atomic E-state index is 12.9. The van der Waals surface area contributed by atoms with E-state index in [9.17, 15) is 4.39 Å². The van der Waals surface area contributed by atoms with Crippen LogP contribution in [0, 0.1) is 9.52 Å². The van der Waals surface area contributed by atoms with E-state index in [-0.39, 0.29) is 12.4 Å². The highest BCUT2D eigenvalue weighted by Gasteiger charge is 2.22. The Morgan fingerprint density at radius 3 is 2.82 bits per heavy atom. The molecule has 22 heavy (non-hydrogen) atoms. The smallest absolute Gasteiger partial charge is 0.212 e. The lowest BCUT2D eigenvalue weighted by Gasteiger charge is -2.18. The Kier molecular flexibility index (Phi) is 6.40. The van der Waals surface area contributed by atoms with E-state index in [2.05, 4.69) is 62.1 Å². The number of anilines is 1. The molecule has 6 heteroatoms. The van der Waals surface area contributed by atoms with E-state index >= 15 is 0 Å². The quantitative estimate of drug-likeness (QED) is 0.590. The van der Waals surface area contributed by atoms with Gasteiger partial charge in [0.25, 0.3) is 0 Å². The van der Waals surface area contributed by atoms with Crippen molar-refractivity contribution < 1.29 is 4.39 Å². The van der Waals surface area contributed by atoms with Gasteiger partial charge in [0, 0.05) is 29.2 Å². The zero-order chi connectivity index (χ0) is 14.7. The molecule has 0 spiro atoms. The van der Waals surface area contributed by atoms with Crippen molar-refractivity contribution in [3.8, 4) is 0 Å². The Hall–Kier alpha value is -0.920. The molecule has 3 nitrogen and oxygen atoms in total. The van der Waals surface area contributed by atoms with E-state index < -0.39 is 5.95 Å². The van der Waals surface area contributed by atoms with Crippen molar-refractivity contribution in [2.75, 3.05) is 18.0 Å². The van der Waals surface area contributed by atoms with E-state index in [1.54, 1.807) is 12.3 Å². The molecule has 1 fully saturated rings. The third-order valence-corrected chi connectivity index (χ3v) is 4.86. The first-order chi connectivity index (χ1) is 10.2. The summed E-state index contributed by atoms with van der Waals surface area (Å²) in [6.07, 6.45) is 2.71. The number of aromatic nitrogens is 1. The molecule has 2 aromatic rings. The van der Waals surface area contributed by atoms with Gasteiger partial charge in [-0.25, -0.2) is 4.98 Å². The fourth-order valence-corrected chi connectivity index (χ4v) is 3.19. The number of pyridine rings is 1. The number of nitrogens with one attached hydrogen (secondary N) is 1. The predicted molar refractivity (Wildman–Crippen MR) is 98.1 cm³/mol. The summed E-state index contributed by atoms with van der Waals surface area (Å²) in [5.41, 5.74) is 2.33. The molecule has 0 saturated carbocycles. The highest BCUT2D eigenvalue weighted by atomic mass is 127. The van der Waals surface area contributed by atoms with Crippen LogP contribution in [-0.4, -0.2) is 24.1 Å². The number of benzene rings is 1. The second-order valence-electron chi connectivity index (χ2n) is 5.24. The topological polar surface area (TPSA) is 28.2 Å². The first kappa shape index (κ1) is 17.4. The summed E-state index contributed by atoms with van der Waals surface area (Å²) in [4.78, 5) is 5.97. The molecular formula is C16H18ClFIN3. The van der Waals surface area contributed by atoms with E-state index in [1.165, 1.54) is 15.2 Å². The second-order valence-corrected chi connectivity index (χ2v) is 6.41. The van der Waals surface area contributed by atoms with Crippen LogP contribution in [0.1, 0.15) is 12.0 Å². The lowest BCUT2D eigenvalue weighted by molar-refractivity contribution is 0.550. The molecule has 1 aromatic carbocycles. The molecule has 1 unspecified atom stereocenters. The molecule has 0 amide bonds. The molecule has 1 aliphatic heterocycles. The van der Waals surface area contributed by atoms with Crippen molar-refractivity contribution >= 4 is 40.7 Å². The molecule has 1 N–H and O–H groups in total. The predicted octanol–water partition coefficient (Wildman–Crippen LogP) is 3.62. The van der Waals surface area contributed by atoms with E-state index in [0.29, 0.717) is 6.04 Å². The van der Waals surface area contributed by atoms with Crippen LogP contribution in [-0.2, 0) is 6.54 Å². The highest BCUT2D eigenvalue weighted by molar-refractivity contribution is 14.1. The molecule has 118 valence electrons. The van der Waals surface area contributed by atoms with Crippen molar-refractivity contribution in [1.29, 1.82) is 0 Å². The normalized spacial score (nSPS) is 17.4. The van der Waals surface area contributed by atoms with Crippen LogP contribution in [0.5, 0.6) is 0 Å². The third-order valence-electron chi connectivity index (χ3n) is 3.80. The zero-order valence-electron chi connectivity index (χ0n) is 12.0. The molecule has 0 radical (unpaired) electrons. The van der Waals surface area contributed by atoms with Crippen LogP contribution < -0.4 is 10.2 Å². The lowest BCUT2D eigenvalue weighted by Crippen LogP contribution is -2.32. The monoisotopic (exact) mass is 433 g/mol. The number of hydrogen-bond acceptors (Lipinski definition) is 3. The highest BCUT2D eigenvalue weighted by Crippen LogP contribution is 2.20. The molecule has 1 saturated heterocycles. The number of rotatable bonds is 4. The molecule has 2 heterocycles. The average Bonchev–Trinajstić information content (AvgIpc) is 2.96. The summed E-state index contributed by atoms with van der Waals surface area (Å²) in [6.45, 7) is 2.81. The minimum absolute atomic E-state index is 0. The molecular weight excluding hydrogens is 416 g/mol. The summed E-state index contributed by atoms with van der Waals surface area (Å²) in [6, 6.07) is 12.1. The van der Waals surface area contributed by atoms with Gasteiger partial charge in [-0.1, -0.05) is 18.2 Å². The summed E-state index contributed by atoms with van der Waals surface area (Å²) in [5, 5.41) is 3.61. The average molecular weight is 434 g/mol. The van der Waals surface area contributed by atoms with Crippen molar-refractivity contribution in [3.05, 3.63) is 57.7 Å². The van der Waals surface area contributed by atoms with Crippen molar-refractivity contribution in [2.24, 2.45) is 0 Å². The maximum atomic E-state index is 12.9. The molecule has 1 aromatic heterocycles. The Bertz CT molecular complexity index is 609. The second kappa shape index (κ2) is 8.08. The SMILES string of the molecule is Cl.Fc1ccc(N2CCC(NCc3ccccc3I)C2)cn1. The molecule has 3 rings (SSSR count). The van der Waals surface area contributed by atoms with Gasteiger partial charge >= 0.3 is 0 Å². The van der Waals surface area contributed by atoms with Crippen LogP contribution >= 0.6 is 35.0 Å². The number of halogens is 3. The number of hydrogen-bond donors (Lipinski definition) is 1. The molecule has 0 bridgehead atoms. The largest absolute Gasteiger partial charge is 0.369 e. The standard InChI is InChI=1S/C16H17FIN3.ClH/c17-16-6-5-14(10-20-16)21-8-7-13(11-21)19-9-12-3-1-2-4-15(12)18;/h1-6,10,13,19H,7-9,11H2;1H. The molecule has 1 atom stereocenters. The van der Waals surface area contributed by atoms with E-state index in [1.807, 2.05) is 0 Å². The van der Waals surface area contributed by atoms with Gasteiger partial charge in [0.05, 0.1) is 11.9 Å². The summed E-state index contributed by atoms with van der Waals surface area (Å²) >= 11 is 2.37. The lowest BCUT2D eigenvalue weighted by atomic mass is 10.2. The summed E-state index contributed by atoms with van der Waals surface area (Å²) in [7, 11) is 0. The number of nitrogens with zero attached hydrogens (tertiary/aromatic N) is 2. The maximum Gasteiger partial charge on any atom is 0.212 e. The van der Waals surface area contributed by atoms with Gasteiger partial charge in [-0.15, -0.1) is 12.4 Å². The van der Waals surface area contributed by atoms with Crippen LogP contribution in [0.2, 0.25) is 0 Å². The Balaban J connectivity index is 0.00000176. The zero-order valence-corrected chi connectivity index (χ0v) is 15.0. The van der Waals surface area contributed by atoms with Crippen LogP contribution in [0.3, 0.4) is 0 Å². The van der Waals surface area contributed by atoms with Gasteiger partial charge in [-0.3, -0.25) is 0 Å². The van der Waals surface area contributed by atoms with Crippen LogP contribution in [0.15, 0.2) is 42.6 Å². The van der Waals surface area contributed by atoms with Crippen molar-refractivity contribution in [1.82, 2.24) is 10.3 Å². The van der Waals surface area contributed by atoms with Gasteiger partial charge in [0.1, 0.15) is 0 Å². The van der Waals surface area contributed by atoms with Gasteiger partial charge < -0.3 is 10.2 Å². The first-order valence-electron chi connectivity index (χ1n) is 7.05.